The Morgan fingerprint density at radius 3 is 2.57 bits per heavy atom. The van der Waals surface area contributed by atoms with Crippen molar-refractivity contribution in [3.05, 3.63) is 47.3 Å². The van der Waals surface area contributed by atoms with E-state index < -0.39 is 35.5 Å². The Kier molecular flexibility index (Phi) is 8.72. The zero-order valence-corrected chi connectivity index (χ0v) is 21.8. The van der Waals surface area contributed by atoms with Crippen molar-refractivity contribution in [3.8, 4) is 5.75 Å². The number of nitrogens with one attached hydrogen (secondary N) is 1. The average molecular weight is 526 g/mol. The monoisotopic (exact) mass is 525 g/mol. The van der Waals surface area contributed by atoms with Crippen LogP contribution in [0, 0.1) is 0 Å². The number of hydrogen-bond acceptors (Lipinski definition) is 6. The third-order valence-electron chi connectivity index (χ3n) is 5.94. The third-order valence-corrected chi connectivity index (χ3v) is 5.94. The number of methoxy groups -OCH3 is 1. The minimum atomic E-state index is -4.68. The van der Waals surface area contributed by atoms with Gasteiger partial charge in [0.2, 0.25) is 0 Å². The van der Waals surface area contributed by atoms with Gasteiger partial charge in [0.25, 0.3) is 5.91 Å². The number of para-hydroxylation sites is 1. The molecule has 2 aromatic rings. The summed E-state index contributed by atoms with van der Waals surface area (Å²) in [6.07, 6.45) is -4.61. The molecule has 3 rings (SSSR count). The molecule has 1 fully saturated rings. The first-order valence-electron chi connectivity index (χ1n) is 12.0. The van der Waals surface area contributed by atoms with Crippen molar-refractivity contribution >= 4 is 12.0 Å². The van der Waals surface area contributed by atoms with Crippen LogP contribution >= 0.6 is 0 Å². The number of aromatic nitrogens is 2. The van der Waals surface area contributed by atoms with Gasteiger partial charge in [-0.05, 0) is 33.3 Å². The number of hydrogen-bond donors (Lipinski definition) is 1. The van der Waals surface area contributed by atoms with Crippen LogP contribution in [-0.4, -0.2) is 77.5 Å². The highest BCUT2D eigenvalue weighted by atomic mass is 19.4. The number of likely N-dealkylation sites (tertiary alicyclic amines) is 1. The van der Waals surface area contributed by atoms with Gasteiger partial charge in [0.15, 0.2) is 5.69 Å². The molecule has 1 aliphatic heterocycles. The average Bonchev–Trinajstić information content (AvgIpc) is 3.47. The van der Waals surface area contributed by atoms with Crippen LogP contribution in [0.25, 0.3) is 0 Å². The molecule has 1 atom stereocenters. The topological polar surface area (TPSA) is 88.9 Å². The molecule has 0 radical (unpaired) electrons. The number of ether oxygens (including phenoxy) is 2. The Balaban J connectivity index is 1.68. The Labute approximate surface area is 214 Å². The summed E-state index contributed by atoms with van der Waals surface area (Å²) >= 11 is 0. The summed E-state index contributed by atoms with van der Waals surface area (Å²) in [7, 11) is 3.14. The van der Waals surface area contributed by atoms with Gasteiger partial charge in [-0.3, -0.25) is 14.4 Å². The Morgan fingerprint density at radius 2 is 1.92 bits per heavy atom. The molecule has 1 aromatic heterocycles. The summed E-state index contributed by atoms with van der Waals surface area (Å²) in [5.74, 6) is -0.0907. The van der Waals surface area contributed by atoms with Crippen LogP contribution in [0.3, 0.4) is 0 Å². The Bertz CT molecular complexity index is 1100. The molecule has 12 heteroatoms. The molecule has 0 saturated carbocycles. The van der Waals surface area contributed by atoms with Crippen LogP contribution in [-0.2, 0) is 17.5 Å². The van der Waals surface area contributed by atoms with Crippen molar-refractivity contribution < 1.29 is 32.2 Å². The first-order valence-corrected chi connectivity index (χ1v) is 12.0. The summed E-state index contributed by atoms with van der Waals surface area (Å²) < 4.78 is 52.2. The molecule has 0 spiro atoms. The first-order chi connectivity index (χ1) is 17.3. The predicted molar refractivity (Wildman–Crippen MR) is 130 cm³/mol. The first kappa shape index (κ1) is 28.3. The lowest BCUT2D eigenvalue weighted by molar-refractivity contribution is -0.141. The maximum atomic E-state index is 13.5. The second-order valence-electron chi connectivity index (χ2n) is 10.00. The summed E-state index contributed by atoms with van der Waals surface area (Å²) in [5.41, 5.74) is -1.18. The van der Waals surface area contributed by atoms with Crippen LogP contribution in [0.5, 0.6) is 5.75 Å². The Hall–Kier alpha value is -3.28. The number of benzene rings is 1. The van der Waals surface area contributed by atoms with Gasteiger partial charge >= 0.3 is 12.3 Å². The number of alkyl halides is 3. The van der Waals surface area contributed by atoms with E-state index in [1.807, 2.05) is 4.90 Å². The number of carbonyl (C=O) groups excluding carboxylic acids is 2. The van der Waals surface area contributed by atoms with Crippen molar-refractivity contribution in [2.45, 2.75) is 51.6 Å². The second kappa shape index (κ2) is 11.4. The quantitative estimate of drug-likeness (QED) is 0.562. The van der Waals surface area contributed by atoms with Gasteiger partial charge in [-0.2, -0.15) is 18.3 Å². The van der Waals surface area contributed by atoms with Gasteiger partial charge in [-0.1, -0.05) is 18.2 Å². The minimum Gasteiger partial charge on any atom is -0.496 e. The van der Waals surface area contributed by atoms with E-state index in [4.69, 9.17) is 9.47 Å². The van der Waals surface area contributed by atoms with Crippen LogP contribution < -0.4 is 10.1 Å². The van der Waals surface area contributed by atoms with E-state index in [1.54, 1.807) is 52.1 Å². The number of rotatable bonds is 8. The summed E-state index contributed by atoms with van der Waals surface area (Å²) in [4.78, 5) is 28.6. The molecule has 204 valence electrons. The van der Waals surface area contributed by atoms with E-state index in [-0.39, 0.29) is 12.2 Å². The number of likely N-dealkylation sites (N-methyl/N-ethyl adjacent to an activating group) is 1. The molecule has 1 aliphatic rings. The maximum absolute atomic E-state index is 13.5. The van der Waals surface area contributed by atoms with Gasteiger partial charge in [0.05, 0.1) is 13.2 Å². The van der Waals surface area contributed by atoms with Gasteiger partial charge in [-0.15, -0.1) is 0 Å². The van der Waals surface area contributed by atoms with Crippen molar-refractivity contribution in [2.75, 3.05) is 40.3 Å². The van der Waals surface area contributed by atoms with Crippen LogP contribution in [0.2, 0.25) is 0 Å². The smallest absolute Gasteiger partial charge is 0.435 e. The zero-order chi connectivity index (χ0) is 27.4. The molecule has 1 N–H and O–H groups in total. The molecule has 1 unspecified atom stereocenters. The molecule has 1 saturated heterocycles. The SMILES string of the molecule is COc1ccccc1CNC(=O)c1cc(C(F)(F)F)nn1C1CCN(CCN(C)C(=O)OC(C)(C)C)C1. The molecular formula is C25H34F3N5O4. The highest BCUT2D eigenvalue weighted by molar-refractivity contribution is 5.92. The highest BCUT2D eigenvalue weighted by Crippen LogP contribution is 2.31. The van der Waals surface area contributed by atoms with E-state index in [0.29, 0.717) is 43.9 Å². The fraction of sp³-hybridized carbons (Fsp3) is 0.560. The van der Waals surface area contributed by atoms with Crippen LogP contribution in [0.15, 0.2) is 30.3 Å². The van der Waals surface area contributed by atoms with E-state index >= 15 is 0 Å². The van der Waals surface area contributed by atoms with Gasteiger partial charge in [0, 0.05) is 51.4 Å². The fourth-order valence-electron chi connectivity index (χ4n) is 4.03. The molecule has 2 heterocycles. The standard InChI is InChI=1S/C25H34F3N5O4/c1-24(2,3)37-23(35)31(4)12-13-32-11-10-18(16-32)33-19(14-21(30-33)25(26,27)28)22(34)29-15-17-8-6-7-9-20(17)36-5/h6-9,14,18H,10-13,15-16H2,1-5H3,(H,29,34). The molecular weight excluding hydrogens is 491 g/mol. The zero-order valence-electron chi connectivity index (χ0n) is 21.8. The molecule has 0 aliphatic carbocycles. The predicted octanol–water partition coefficient (Wildman–Crippen LogP) is 3.95. The summed E-state index contributed by atoms with van der Waals surface area (Å²) in [6, 6.07) is 7.43. The van der Waals surface area contributed by atoms with Crippen molar-refractivity contribution in [1.29, 1.82) is 0 Å². The molecule has 1 aromatic carbocycles. The lowest BCUT2D eigenvalue weighted by atomic mass is 10.2. The summed E-state index contributed by atoms with van der Waals surface area (Å²) in [5, 5.41) is 6.45. The number of nitrogens with zero attached hydrogens (tertiary/aromatic N) is 4. The van der Waals surface area contributed by atoms with E-state index in [2.05, 4.69) is 10.4 Å². The fourth-order valence-corrected chi connectivity index (χ4v) is 4.03. The van der Waals surface area contributed by atoms with Crippen LogP contribution in [0.4, 0.5) is 18.0 Å². The van der Waals surface area contributed by atoms with Crippen molar-refractivity contribution in [3.63, 3.8) is 0 Å². The number of amides is 2. The lowest BCUT2D eigenvalue weighted by Crippen LogP contribution is -2.39. The number of halogens is 3. The van der Waals surface area contributed by atoms with Crippen molar-refractivity contribution in [1.82, 2.24) is 24.9 Å². The normalized spacial score (nSPS) is 16.5. The van der Waals surface area contributed by atoms with E-state index in [0.717, 1.165) is 6.07 Å². The van der Waals surface area contributed by atoms with E-state index in [1.165, 1.54) is 16.7 Å². The summed E-state index contributed by atoms with van der Waals surface area (Å²) in [6.45, 7) is 7.33. The Morgan fingerprint density at radius 1 is 1.22 bits per heavy atom. The lowest BCUT2D eigenvalue weighted by Gasteiger charge is -2.26. The van der Waals surface area contributed by atoms with E-state index in [9.17, 15) is 22.8 Å². The molecule has 9 nitrogen and oxygen atoms in total. The highest BCUT2D eigenvalue weighted by Gasteiger charge is 2.38. The molecule has 0 bridgehead atoms. The molecule has 37 heavy (non-hydrogen) atoms. The second-order valence-corrected chi connectivity index (χ2v) is 10.00. The van der Waals surface area contributed by atoms with Gasteiger partial charge in [-0.25, -0.2) is 4.79 Å². The number of carbonyl (C=O) groups is 2. The minimum absolute atomic E-state index is 0.0865. The largest absolute Gasteiger partial charge is 0.496 e. The van der Waals surface area contributed by atoms with Gasteiger partial charge in [0.1, 0.15) is 17.0 Å². The van der Waals surface area contributed by atoms with Crippen LogP contribution in [0.1, 0.15) is 55.0 Å². The van der Waals surface area contributed by atoms with Gasteiger partial charge < -0.3 is 19.7 Å². The molecule has 2 amide bonds. The maximum Gasteiger partial charge on any atom is 0.435 e. The third kappa shape index (κ3) is 7.61. The van der Waals surface area contributed by atoms with Crippen molar-refractivity contribution in [2.24, 2.45) is 0 Å².